The van der Waals surface area contributed by atoms with Crippen molar-refractivity contribution in [3.8, 4) is 0 Å². The summed E-state index contributed by atoms with van der Waals surface area (Å²) in [4.78, 5) is 10.6. The first kappa shape index (κ1) is 9.37. The van der Waals surface area contributed by atoms with Crippen molar-refractivity contribution in [3.63, 3.8) is 0 Å². The van der Waals surface area contributed by atoms with Crippen LogP contribution in [0.5, 0.6) is 0 Å². The van der Waals surface area contributed by atoms with E-state index in [-0.39, 0.29) is 6.42 Å². The molecule has 1 aliphatic heterocycles. The maximum atomic E-state index is 10.6. The molecule has 0 saturated carbocycles. The van der Waals surface area contributed by atoms with Gasteiger partial charge in [-0.2, -0.15) is 0 Å². The molecule has 0 atom stereocenters. The Morgan fingerprint density at radius 3 is 2.43 bits per heavy atom. The van der Waals surface area contributed by atoms with E-state index in [1.165, 1.54) is 0 Å². The normalized spacial score (nSPS) is 19.4. The number of hydrogen-bond donors (Lipinski definition) is 0. The Bertz CT molecular complexity index is 302. The largest absolute Gasteiger partial charge is 0.343 e. The summed E-state index contributed by atoms with van der Waals surface area (Å²) in [5, 5.41) is 0. The third-order valence-corrected chi connectivity index (χ3v) is 2.32. The summed E-state index contributed by atoms with van der Waals surface area (Å²) in [5.41, 5.74) is 0.907. The molecule has 1 heterocycles. The Kier molecular flexibility index (Phi) is 2.61. The van der Waals surface area contributed by atoms with Gasteiger partial charge in [0.25, 0.3) is 0 Å². The third-order valence-electron chi connectivity index (χ3n) is 2.32. The molecule has 3 heteroatoms. The molecule has 0 N–H and O–H groups in total. The monoisotopic (exact) mass is 192 g/mol. The van der Waals surface area contributed by atoms with Crippen LogP contribution in [0.3, 0.4) is 0 Å². The lowest BCUT2D eigenvalue weighted by Gasteiger charge is -2.25. The number of aldehydes is 1. The van der Waals surface area contributed by atoms with Gasteiger partial charge in [0, 0.05) is 5.56 Å². The van der Waals surface area contributed by atoms with Gasteiger partial charge < -0.3 is 14.3 Å². The fourth-order valence-electron chi connectivity index (χ4n) is 1.66. The minimum Gasteiger partial charge on any atom is -0.343 e. The molecule has 0 aromatic heterocycles. The maximum Gasteiger partial charge on any atom is 0.201 e. The van der Waals surface area contributed by atoms with E-state index in [4.69, 9.17) is 9.47 Å². The van der Waals surface area contributed by atoms with Gasteiger partial charge in [-0.1, -0.05) is 30.3 Å². The molecule has 74 valence electrons. The summed E-state index contributed by atoms with van der Waals surface area (Å²) < 4.78 is 11.0. The summed E-state index contributed by atoms with van der Waals surface area (Å²) in [5.74, 6) is -0.830. The first-order valence-electron chi connectivity index (χ1n) is 4.64. The van der Waals surface area contributed by atoms with E-state index in [2.05, 4.69) is 0 Å². The lowest BCUT2D eigenvalue weighted by Crippen LogP contribution is -2.27. The molecule has 0 bridgehead atoms. The molecule has 0 radical (unpaired) electrons. The molecule has 14 heavy (non-hydrogen) atoms. The molecule has 1 aliphatic rings. The predicted molar refractivity (Wildman–Crippen MR) is 50.7 cm³/mol. The van der Waals surface area contributed by atoms with Gasteiger partial charge in [-0.25, -0.2) is 0 Å². The van der Waals surface area contributed by atoms with E-state index in [9.17, 15) is 4.79 Å². The molecule has 1 aromatic carbocycles. The SMILES string of the molecule is O=CCC1(c2ccccc2)OCCO1. The highest BCUT2D eigenvalue weighted by molar-refractivity contribution is 5.52. The van der Waals surface area contributed by atoms with E-state index >= 15 is 0 Å². The van der Waals surface area contributed by atoms with Crippen LogP contribution >= 0.6 is 0 Å². The van der Waals surface area contributed by atoms with Gasteiger partial charge >= 0.3 is 0 Å². The van der Waals surface area contributed by atoms with Crippen molar-refractivity contribution in [1.82, 2.24) is 0 Å². The average molecular weight is 192 g/mol. The van der Waals surface area contributed by atoms with Crippen LogP contribution in [0.4, 0.5) is 0 Å². The highest BCUT2D eigenvalue weighted by Gasteiger charge is 2.37. The fourth-order valence-corrected chi connectivity index (χ4v) is 1.66. The fraction of sp³-hybridized carbons (Fsp3) is 0.364. The van der Waals surface area contributed by atoms with Crippen LogP contribution in [0, 0.1) is 0 Å². The van der Waals surface area contributed by atoms with Crippen LogP contribution in [-0.4, -0.2) is 19.5 Å². The minimum absolute atomic E-state index is 0.247. The smallest absolute Gasteiger partial charge is 0.201 e. The number of hydrogen-bond acceptors (Lipinski definition) is 3. The average Bonchev–Trinajstić information content (AvgIpc) is 2.70. The summed E-state index contributed by atoms with van der Waals surface area (Å²) in [6.45, 7) is 1.09. The topological polar surface area (TPSA) is 35.5 Å². The van der Waals surface area contributed by atoms with Gasteiger partial charge in [-0.15, -0.1) is 0 Å². The molecule has 0 spiro atoms. The molecular formula is C11H12O3. The number of carbonyl (C=O) groups is 1. The van der Waals surface area contributed by atoms with Crippen LogP contribution in [0.1, 0.15) is 12.0 Å². The number of carbonyl (C=O) groups excluding carboxylic acids is 1. The molecule has 3 nitrogen and oxygen atoms in total. The van der Waals surface area contributed by atoms with Gasteiger partial charge in [0.05, 0.1) is 19.6 Å². The molecule has 0 amide bonds. The van der Waals surface area contributed by atoms with Crippen molar-refractivity contribution >= 4 is 6.29 Å². The Morgan fingerprint density at radius 2 is 1.86 bits per heavy atom. The Hall–Kier alpha value is -1.19. The van der Waals surface area contributed by atoms with Crippen molar-refractivity contribution in [1.29, 1.82) is 0 Å². The maximum absolute atomic E-state index is 10.6. The zero-order chi connectivity index (χ0) is 9.86. The second kappa shape index (κ2) is 3.90. The van der Waals surface area contributed by atoms with E-state index in [1.807, 2.05) is 30.3 Å². The van der Waals surface area contributed by atoms with Crippen molar-refractivity contribution < 1.29 is 14.3 Å². The van der Waals surface area contributed by atoms with Crippen LogP contribution in [0.15, 0.2) is 30.3 Å². The van der Waals surface area contributed by atoms with Crippen LogP contribution < -0.4 is 0 Å². The molecule has 2 rings (SSSR count). The van der Waals surface area contributed by atoms with Crippen molar-refractivity contribution in [3.05, 3.63) is 35.9 Å². The molecule has 1 fully saturated rings. The van der Waals surface area contributed by atoms with E-state index in [0.717, 1.165) is 11.8 Å². The van der Waals surface area contributed by atoms with Crippen LogP contribution in [0.25, 0.3) is 0 Å². The highest BCUT2D eigenvalue weighted by atomic mass is 16.7. The Labute approximate surface area is 82.6 Å². The second-order valence-corrected chi connectivity index (χ2v) is 3.19. The predicted octanol–water partition coefficient (Wildman–Crippen LogP) is 1.48. The Balaban J connectivity index is 2.31. The van der Waals surface area contributed by atoms with E-state index < -0.39 is 5.79 Å². The number of rotatable bonds is 3. The van der Waals surface area contributed by atoms with Crippen LogP contribution in [-0.2, 0) is 20.1 Å². The number of benzene rings is 1. The minimum atomic E-state index is -0.830. The first-order chi connectivity index (χ1) is 6.87. The second-order valence-electron chi connectivity index (χ2n) is 3.19. The zero-order valence-electron chi connectivity index (χ0n) is 7.81. The summed E-state index contributed by atoms with van der Waals surface area (Å²) in [7, 11) is 0. The van der Waals surface area contributed by atoms with Crippen molar-refractivity contribution in [2.75, 3.05) is 13.2 Å². The third kappa shape index (κ3) is 1.56. The zero-order valence-corrected chi connectivity index (χ0v) is 7.81. The Morgan fingerprint density at radius 1 is 1.21 bits per heavy atom. The standard InChI is InChI=1S/C11H12O3/c12-7-6-11(13-8-9-14-11)10-4-2-1-3-5-10/h1-5,7H,6,8-9H2. The van der Waals surface area contributed by atoms with E-state index in [1.54, 1.807) is 0 Å². The lowest BCUT2D eigenvalue weighted by molar-refractivity contribution is -0.171. The van der Waals surface area contributed by atoms with Crippen LogP contribution in [0.2, 0.25) is 0 Å². The molecular weight excluding hydrogens is 180 g/mol. The highest BCUT2D eigenvalue weighted by Crippen LogP contribution is 2.33. The van der Waals surface area contributed by atoms with Gasteiger partial charge in [-0.05, 0) is 0 Å². The number of ether oxygens (including phenoxy) is 2. The van der Waals surface area contributed by atoms with E-state index in [0.29, 0.717) is 13.2 Å². The van der Waals surface area contributed by atoms with Gasteiger partial charge in [0.1, 0.15) is 6.29 Å². The molecule has 0 aliphatic carbocycles. The molecule has 1 aromatic rings. The summed E-state index contributed by atoms with van der Waals surface area (Å²) in [6.07, 6.45) is 1.08. The quantitative estimate of drug-likeness (QED) is 0.680. The van der Waals surface area contributed by atoms with Crippen molar-refractivity contribution in [2.45, 2.75) is 12.2 Å². The first-order valence-corrected chi connectivity index (χ1v) is 4.64. The van der Waals surface area contributed by atoms with Gasteiger partial charge in [0.2, 0.25) is 5.79 Å². The van der Waals surface area contributed by atoms with Gasteiger partial charge in [-0.3, -0.25) is 0 Å². The lowest BCUT2D eigenvalue weighted by atomic mass is 10.0. The van der Waals surface area contributed by atoms with Crippen molar-refractivity contribution in [2.24, 2.45) is 0 Å². The summed E-state index contributed by atoms with van der Waals surface area (Å²) >= 11 is 0. The molecule has 1 saturated heterocycles. The van der Waals surface area contributed by atoms with Gasteiger partial charge in [0.15, 0.2) is 0 Å². The summed E-state index contributed by atoms with van der Waals surface area (Å²) in [6, 6.07) is 9.57. The molecule has 0 unspecified atom stereocenters.